The monoisotopic (exact) mass is 424 g/mol. The maximum atomic E-state index is 13.2. The van der Waals surface area contributed by atoms with E-state index in [4.69, 9.17) is 5.26 Å². The molecule has 0 unspecified atom stereocenters. The normalized spacial score (nSPS) is 14.8. The molecule has 0 bridgehead atoms. The minimum absolute atomic E-state index is 0.0236. The number of nitriles is 1. The van der Waals surface area contributed by atoms with Gasteiger partial charge < -0.3 is 15.1 Å². The summed E-state index contributed by atoms with van der Waals surface area (Å²) in [4.78, 5) is 30.3. The van der Waals surface area contributed by atoms with Crippen LogP contribution in [0.1, 0.15) is 48.0 Å². The van der Waals surface area contributed by atoms with Crippen LogP contribution in [0.25, 0.3) is 0 Å². The van der Waals surface area contributed by atoms with E-state index in [1.165, 1.54) is 11.3 Å². The summed E-state index contributed by atoms with van der Waals surface area (Å²) in [5.74, 6) is -0.0361. The van der Waals surface area contributed by atoms with Gasteiger partial charge in [-0.3, -0.25) is 9.59 Å². The largest absolute Gasteiger partial charge is 0.370 e. The SMILES string of the molecule is Cc1cc(NC(=O)C(C)(C)C)sc1C(=O)N1CCCN(c2ccc(C#N)cc2)CC1. The zero-order chi connectivity index (χ0) is 21.9. The quantitative estimate of drug-likeness (QED) is 0.798. The lowest BCUT2D eigenvalue weighted by molar-refractivity contribution is -0.123. The fraction of sp³-hybridized carbons (Fsp3) is 0.435. The smallest absolute Gasteiger partial charge is 0.264 e. The minimum Gasteiger partial charge on any atom is -0.370 e. The Labute approximate surface area is 182 Å². The molecule has 0 aliphatic carbocycles. The van der Waals surface area contributed by atoms with Crippen molar-refractivity contribution in [1.82, 2.24) is 4.90 Å². The van der Waals surface area contributed by atoms with E-state index in [9.17, 15) is 9.59 Å². The number of anilines is 2. The number of rotatable bonds is 3. The second-order valence-corrected chi connectivity index (χ2v) is 9.67. The number of carbonyl (C=O) groups is 2. The number of nitrogens with one attached hydrogen (secondary N) is 1. The molecule has 1 saturated heterocycles. The van der Waals surface area contributed by atoms with E-state index in [2.05, 4.69) is 16.3 Å². The first kappa shape index (κ1) is 21.8. The van der Waals surface area contributed by atoms with Gasteiger partial charge in [-0.25, -0.2) is 0 Å². The van der Waals surface area contributed by atoms with Crippen LogP contribution in [0.5, 0.6) is 0 Å². The molecule has 1 N–H and O–H groups in total. The van der Waals surface area contributed by atoms with Gasteiger partial charge >= 0.3 is 0 Å². The van der Waals surface area contributed by atoms with Crippen molar-refractivity contribution in [2.24, 2.45) is 5.41 Å². The van der Waals surface area contributed by atoms with Crippen molar-refractivity contribution in [3.8, 4) is 6.07 Å². The van der Waals surface area contributed by atoms with Crippen molar-refractivity contribution in [2.75, 3.05) is 36.4 Å². The van der Waals surface area contributed by atoms with Crippen LogP contribution in [0.4, 0.5) is 10.7 Å². The van der Waals surface area contributed by atoms with E-state index < -0.39 is 5.41 Å². The van der Waals surface area contributed by atoms with Crippen LogP contribution in [0.3, 0.4) is 0 Å². The maximum absolute atomic E-state index is 13.2. The van der Waals surface area contributed by atoms with Crippen LogP contribution < -0.4 is 10.2 Å². The lowest BCUT2D eigenvalue weighted by Crippen LogP contribution is -2.35. The Hall–Kier alpha value is -2.85. The molecule has 7 heteroatoms. The molecule has 1 fully saturated rings. The molecule has 30 heavy (non-hydrogen) atoms. The molecule has 1 aliphatic heterocycles. The molecular weight excluding hydrogens is 396 g/mol. The molecule has 0 radical (unpaired) electrons. The number of aryl methyl sites for hydroxylation is 1. The van der Waals surface area contributed by atoms with E-state index in [0.717, 1.165) is 30.8 Å². The molecule has 2 aromatic rings. The highest BCUT2D eigenvalue weighted by molar-refractivity contribution is 7.18. The molecule has 1 aromatic carbocycles. The first-order valence-electron chi connectivity index (χ1n) is 10.2. The van der Waals surface area contributed by atoms with E-state index in [1.807, 2.05) is 62.9 Å². The highest BCUT2D eigenvalue weighted by atomic mass is 32.1. The van der Waals surface area contributed by atoms with Gasteiger partial charge in [0.1, 0.15) is 0 Å². The van der Waals surface area contributed by atoms with E-state index >= 15 is 0 Å². The first-order chi connectivity index (χ1) is 14.2. The third kappa shape index (κ3) is 5.00. The molecule has 158 valence electrons. The molecule has 1 aliphatic rings. The van der Waals surface area contributed by atoms with Gasteiger partial charge in [0.05, 0.1) is 21.5 Å². The standard InChI is InChI=1S/C23H28N4O2S/c1-16-14-19(25-22(29)23(2,3)4)30-20(16)21(28)27-11-5-10-26(12-13-27)18-8-6-17(15-24)7-9-18/h6-9,14H,5,10-13H2,1-4H3,(H,25,29). The third-order valence-electron chi connectivity index (χ3n) is 5.17. The number of thiophene rings is 1. The average molecular weight is 425 g/mol. The van der Waals surface area contributed by atoms with Gasteiger partial charge in [-0.1, -0.05) is 20.8 Å². The molecule has 2 amide bonds. The Morgan fingerprint density at radius 2 is 1.80 bits per heavy atom. The van der Waals surface area contributed by atoms with Crippen molar-refractivity contribution in [3.05, 3.63) is 46.3 Å². The van der Waals surface area contributed by atoms with Crippen LogP contribution in [0, 0.1) is 23.7 Å². The fourth-order valence-corrected chi connectivity index (χ4v) is 4.36. The van der Waals surface area contributed by atoms with E-state index in [-0.39, 0.29) is 11.8 Å². The topological polar surface area (TPSA) is 76.4 Å². The van der Waals surface area contributed by atoms with Crippen LogP contribution in [-0.4, -0.2) is 42.9 Å². The van der Waals surface area contributed by atoms with E-state index in [1.54, 1.807) is 0 Å². The predicted octanol–water partition coefficient (Wildman–Crippen LogP) is 4.27. The van der Waals surface area contributed by atoms with Gasteiger partial charge in [-0.05, 0) is 49.2 Å². The molecule has 0 saturated carbocycles. The highest BCUT2D eigenvalue weighted by Gasteiger charge is 2.26. The van der Waals surface area contributed by atoms with Crippen molar-refractivity contribution >= 4 is 33.8 Å². The van der Waals surface area contributed by atoms with Gasteiger partial charge in [0, 0.05) is 37.3 Å². The molecule has 3 rings (SSSR count). The first-order valence-corrected chi connectivity index (χ1v) is 11.0. The number of carbonyl (C=O) groups excluding carboxylic acids is 2. The van der Waals surface area contributed by atoms with Crippen molar-refractivity contribution < 1.29 is 9.59 Å². The second-order valence-electron chi connectivity index (χ2n) is 8.62. The minimum atomic E-state index is -0.484. The Morgan fingerprint density at radius 1 is 1.10 bits per heavy atom. The Kier molecular flexibility index (Phi) is 6.47. The summed E-state index contributed by atoms with van der Waals surface area (Å²) < 4.78 is 0. The number of benzene rings is 1. The van der Waals surface area contributed by atoms with Crippen LogP contribution >= 0.6 is 11.3 Å². The zero-order valence-electron chi connectivity index (χ0n) is 18.0. The molecular formula is C23H28N4O2S. The summed E-state index contributed by atoms with van der Waals surface area (Å²) in [7, 11) is 0. The van der Waals surface area contributed by atoms with Gasteiger partial charge in [-0.15, -0.1) is 11.3 Å². The number of hydrogen-bond acceptors (Lipinski definition) is 5. The van der Waals surface area contributed by atoms with Crippen LogP contribution in [-0.2, 0) is 4.79 Å². The van der Waals surface area contributed by atoms with E-state index in [0.29, 0.717) is 28.5 Å². The highest BCUT2D eigenvalue weighted by Crippen LogP contribution is 2.30. The summed E-state index contributed by atoms with van der Waals surface area (Å²) in [6.45, 7) is 10.5. The van der Waals surface area contributed by atoms with Crippen LogP contribution in [0.15, 0.2) is 30.3 Å². The lowest BCUT2D eigenvalue weighted by Gasteiger charge is -2.23. The average Bonchev–Trinajstić information content (AvgIpc) is 2.91. The summed E-state index contributed by atoms with van der Waals surface area (Å²) in [5.41, 5.74) is 2.12. The summed E-state index contributed by atoms with van der Waals surface area (Å²) in [5, 5.41) is 12.6. The van der Waals surface area contributed by atoms with Gasteiger partial charge in [0.2, 0.25) is 5.91 Å². The lowest BCUT2D eigenvalue weighted by atomic mass is 9.96. The van der Waals surface area contributed by atoms with Gasteiger partial charge in [-0.2, -0.15) is 5.26 Å². The number of hydrogen-bond donors (Lipinski definition) is 1. The summed E-state index contributed by atoms with van der Waals surface area (Å²) in [6, 6.07) is 11.6. The maximum Gasteiger partial charge on any atom is 0.264 e. The predicted molar refractivity (Wildman–Crippen MR) is 121 cm³/mol. The number of nitrogens with zero attached hydrogens (tertiary/aromatic N) is 3. The fourth-order valence-electron chi connectivity index (χ4n) is 3.32. The summed E-state index contributed by atoms with van der Waals surface area (Å²) in [6.07, 6.45) is 0.879. The van der Waals surface area contributed by atoms with Gasteiger partial charge in [0.15, 0.2) is 0 Å². The zero-order valence-corrected chi connectivity index (χ0v) is 18.8. The Morgan fingerprint density at radius 3 is 2.43 bits per heavy atom. The molecule has 6 nitrogen and oxygen atoms in total. The Bertz CT molecular complexity index is 967. The molecule has 0 atom stereocenters. The van der Waals surface area contributed by atoms with Gasteiger partial charge in [0.25, 0.3) is 5.91 Å². The number of amides is 2. The summed E-state index contributed by atoms with van der Waals surface area (Å²) >= 11 is 1.35. The van der Waals surface area contributed by atoms with Crippen LogP contribution in [0.2, 0.25) is 0 Å². The van der Waals surface area contributed by atoms with Crippen molar-refractivity contribution in [1.29, 1.82) is 5.26 Å². The second kappa shape index (κ2) is 8.88. The third-order valence-corrected chi connectivity index (χ3v) is 6.32. The van der Waals surface area contributed by atoms with Crippen molar-refractivity contribution in [2.45, 2.75) is 34.1 Å². The molecule has 1 aromatic heterocycles. The Balaban J connectivity index is 1.67. The molecule has 2 heterocycles. The van der Waals surface area contributed by atoms with Crippen molar-refractivity contribution in [3.63, 3.8) is 0 Å². The molecule has 0 spiro atoms.